The van der Waals surface area contributed by atoms with Crippen molar-refractivity contribution in [1.29, 1.82) is 0 Å². The molecule has 0 saturated carbocycles. The number of halogens is 1. The predicted octanol–water partition coefficient (Wildman–Crippen LogP) is 4.24. The first-order chi connectivity index (χ1) is 13.6. The van der Waals surface area contributed by atoms with Crippen molar-refractivity contribution in [3.63, 3.8) is 0 Å². The second-order valence-corrected chi connectivity index (χ2v) is 8.05. The summed E-state index contributed by atoms with van der Waals surface area (Å²) in [6.07, 6.45) is 6.21. The highest BCUT2D eigenvalue weighted by molar-refractivity contribution is 6.31. The molecule has 6 heteroatoms. The molecule has 1 amide bonds. The summed E-state index contributed by atoms with van der Waals surface area (Å²) < 4.78 is 1.91. The van der Waals surface area contributed by atoms with Gasteiger partial charge in [-0.25, -0.2) is 4.98 Å². The zero-order valence-electron chi connectivity index (χ0n) is 16.1. The lowest BCUT2D eigenvalue weighted by Crippen LogP contribution is -2.33. The maximum Gasteiger partial charge on any atom is 0.240 e. The molecule has 1 N–H and O–H groups in total. The molecular formula is C22H25ClN4O. The van der Waals surface area contributed by atoms with E-state index < -0.39 is 0 Å². The average Bonchev–Trinajstić information content (AvgIpc) is 3.09. The number of aromatic nitrogens is 2. The molecule has 1 fully saturated rings. The van der Waals surface area contributed by atoms with Crippen LogP contribution in [0.15, 0.2) is 48.8 Å². The van der Waals surface area contributed by atoms with Crippen LogP contribution in [0.3, 0.4) is 0 Å². The summed E-state index contributed by atoms with van der Waals surface area (Å²) in [5.41, 5.74) is 1.97. The maximum atomic E-state index is 12.4. The number of carbonyl (C=O) groups excluding carboxylic acids is 1. The first kappa shape index (κ1) is 18.8. The van der Waals surface area contributed by atoms with Crippen molar-refractivity contribution in [3.05, 3.63) is 59.4 Å². The number of piperidine rings is 1. The highest BCUT2D eigenvalue weighted by Crippen LogP contribution is 2.22. The zero-order chi connectivity index (χ0) is 19.5. The quantitative estimate of drug-likeness (QED) is 0.701. The predicted molar refractivity (Wildman–Crippen MR) is 114 cm³/mol. The summed E-state index contributed by atoms with van der Waals surface area (Å²) in [6, 6.07) is 11.8. The molecular weight excluding hydrogens is 372 g/mol. The Labute approximate surface area is 170 Å². The smallest absolute Gasteiger partial charge is 0.240 e. The lowest BCUT2D eigenvalue weighted by atomic mass is 9.99. The number of fused-ring (bicyclic) bond motifs is 1. The third-order valence-corrected chi connectivity index (χ3v) is 5.69. The van der Waals surface area contributed by atoms with E-state index in [-0.39, 0.29) is 12.5 Å². The third kappa shape index (κ3) is 4.30. The number of hydrogen-bond acceptors (Lipinski definition) is 3. The van der Waals surface area contributed by atoms with Gasteiger partial charge in [-0.05, 0) is 54.0 Å². The molecule has 0 aliphatic carbocycles. The molecule has 0 atom stereocenters. The fourth-order valence-corrected chi connectivity index (χ4v) is 3.82. The summed E-state index contributed by atoms with van der Waals surface area (Å²) in [7, 11) is 0. The van der Waals surface area contributed by atoms with Crippen molar-refractivity contribution >= 4 is 34.2 Å². The Bertz CT molecular complexity index is 958. The van der Waals surface area contributed by atoms with Gasteiger partial charge in [-0.3, -0.25) is 4.79 Å². The number of nitrogens with one attached hydrogen (secondary N) is 1. The van der Waals surface area contributed by atoms with Crippen molar-refractivity contribution in [2.45, 2.75) is 32.9 Å². The lowest BCUT2D eigenvalue weighted by Gasteiger charge is -2.31. The Hall–Kier alpha value is -2.53. The fraction of sp³-hybridized carbons (Fsp3) is 0.364. The molecule has 4 rings (SSSR count). The van der Waals surface area contributed by atoms with Crippen LogP contribution in [0.1, 0.15) is 25.3 Å². The van der Waals surface area contributed by atoms with E-state index in [1.807, 2.05) is 47.3 Å². The van der Waals surface area contributed by atoms with E-state index in [1.165, 1.54) is 12.8 Å². The first-order valence-electron chi connectivity index (χ1n) is 9.79. The normalized spacial score (nSPS) is 15.1. The van der Waals surface area contributed by atoms with Crippen LogP contribution in [0.4, 0.5) is 5.82 Å². The number of amides is 1. The molecule has 1 aliphatic rings. The Kier molecular flexibility index (Phi) is 5.53. The van der Waals surface area contributed by atoms with Gasteiger partial charge in [0.15, 0.2) is 0 Å². The van der Waals surface area contributed by atoms with Gasteiger partial charge in [-0.15, -0.1) is 0 Å². The summed E-state index contributed by atoms with van der Waals surface area (Å²) >= 11 is 6.08. The number of nitrogens with zero attached hydrogens (tertiary/aromatic N) is 3. The van der Waals surface area contributed by atoms with E-state index in [4.69, 9.17) is 11.6 Å². The summed E-state index contributed by atoms with van der Waals surface area (Å²) in [4.78, 5) is 19.3. The van der Waals surface area contributed by atoms with Gasteiger partial charge in [0, 0.05) is 42.6 Å². The van der Waals surface area contributed by atoms with Crippen molar-refractivity contribution in [2.75, 3.05) is 18.0 Å². The highest BCUT2D eigenvalue weighted by atomic mass is 35.5. The van der Waals surface area contributed by atoms with E-state index in [1.54, 1.807) is 0 Å². The fourth-order valence-electron chi connectivity index (χ4n) is 3.65. The topological polar surface area (TPSA) is 50.2 Å². The number of rotatable bonds is 5. The van der Waals surface area contributed by atoms with Crippen LogP contribution in [-0.4, -0.2) is 28.5 Å². The first-order valence-corrected chi connectivity index (χ1v) is 10.2. The Morgan fingerprint density at radius 2 is 2.04 bits per heavy atom. The highest BCUT2D eigenvalue weighted by Gasteiger charge is 2.16. The van der Waals surface area contributed by atoms with Crippen LogP contribution in [0.5, 0.6) is 0 Å². The SMILES string of the molecule is CC1CCN(c2ccc(CNC(=O)Cn3ccc4ccc(Cl)cc43)cn2)CC1. The Balaban J connectivity index is 1.32. The van der Waals surface area contributed by atoms with Gasteiger partial charge in [0.1, 0.15) is 12.4 Å². The summed E-state index contributed by atoms with van der Waals surface area (Å²) in [5.74, 6) is 1.79. The standard InChI is InChI=1S/C22H25ClN4O/c1-16-6-9-26(10-7-16)21-5-2-17(13-24-21)14-25-22(28)15-27-11-8-18-3-4-19(23)12-20(18)27/h2-5,8,11-13,16H,6-7,9-10,14-15H2,1H3,(H,25,28). The molecule has 1 aromatic carbocycles. The van der Waals surface area contributed by atoms with E-state index in [0.29, 0.717) is 11.6 Å². The van der Waals surface area contributed by atoms with Crippen LogP contribution in [0.25, 0.3) is 10.9 Å². The lowest BCUT2D eigenvalue weighted by molar-refractivity contribution is -0.121. The summed E-state index contributed by atoms with van der Waals surface area (Å²) in [5, 5.41) is 4.72. The molecule has 5 nitrogen and oxygen atoms in total. The van der Waals surface area contributed by atoms with Crippen molar-refractivity contribution in [3.8, 4) is 0 Å². The molecule has 1 saturated heterocycles. The minimum atomic E-state index is -0.0356. The number of carbonyl (C=O) groups is 1. The van der Waals surface area contributed by atoms with Gasteiger partial charge in [0.05, 0.1) is 0 Å². The molecule has 1 aliphatic heterocycles. The zero-order valence-corrected chi connectivity index (χ0v) is 16.8. The Morgan fingerprint density at radius 1 is 1.21 bits per heavy atom. The van der Waals surface area contributed by atoms with E-state index in [9.17, 15) is 4.79 Å². The maximum absolute atomic E-state index is 12.4. The van der Waals surface area contributed by atoms with E-state index in [2.05, 4.69) is 28.2 Å². The minimum Gasteiger partial charge on any atom is -0.357 e. The van der Waals surface area contributed by atoms with Crippen LogP contribution >= 0.6 is 11.6 Å². The molecule has 0 spiro atoms. The third-order valence-electron chi connectivity index (χ3n) is 5.46. The van der Waals surface area contributed by atoms with Crippen LogP contribution in [-0.2, 0) is 17.9 Å². The van der Waals surface area contributed by atoms with E-state index in [0.717, 1.165) is 41.3 Å². The number of hydrogen-bond donors (Lipinski definition) is 1. The molecule has 0 radical (unpaired) electrons. The van der Waals surface area contributed by atoms with Gasteiger partial charge in [-0.1, -0.05) is 30.7 Å². The van der Waals surface area contributed by atoms with Crippen molar-refractivity contribution in [2.24, 2.45) is 5.92 Å². The molecule has 0 unspecified atom stereocenters. The van der Waals surface area contributed by atoms with Crippen molar-refractivity contribution in [1.82, 2.24) is 14.9 Å². The number of anilines is 1. The van der Waals surface area contributed by atoms with Gasteiger partial charge in [0.2, 0.25) is 5.91 Å². The summed E-state index contributed by atoms with van der Waals surface area (Å²) in [6.45, 7) is 5.18. The van der Waals surface area contributed by atoms with Crippen LogP contribution in [0, 0.1) is 5.92 Å². The Morgan fingerprint density at radius 3 is 2.79 bits per heavy atom. The molecule has 0 bridgehead atoms. The molecule has 146 valence electrons. The van der Waals surface area contributed by atoms with Crippen molar-refractivity contribution < 1.29 is 4.79 Å². The van der Waals surface area contributed by atoms with Crippen LogP contribution in [0.2, 0.25) is 5.02 Å². The van der Waals surface area contributed by atoms with E-state index >= 15 is 0 Å². The largest absolute Gasteiger partial charge is 0.357 e. The minimum absolute atomic E-state index is 0.0356. The number of pyridine rings is 1. The van der Waals surface area contributed by atoms with Gasteiger partial charge < -0.3 is 14.8 Å². The average molecular weight is 397 g/mol. The van der Waals surface area contributed by atoms with Gasteiger partial charge in [0.25, 0.3) is 0 Å². The van der Waals surface area contributed by atoms with Gasteiger partial charge in [-0.2, -0.15) is 0 Å². The molecule has 3 aromatic rings. The number of benzene rings is 1. The molecule has 28 heavy (non-hydrogen) atoms. The second kappa shape index (κ2) is 8.23. The van der Waals surface area contributed by atoms with Gasteiger partial charge >= 0.3 is 0 Å². The molecule has 2 aromatic heterocycles. The molecule has 3 heterocycles. The van der Waals surface area contributed by atoms with Crippen LogP contribution < -0.4 is 10.2 Å². The monoisotopic (exact) mass is 396 g/mol. The second-order valence-electron chi connectivity index (χ2n) is 7.62.